The van der Waals surface area contributed by atoms with Gasteiger partial charge in [-0.15, -0.1) is 0 Å². The first-order valence-corrected chi connectivity index (χ1v) is 21.7. The smallest absolute Gasteiger partial charge is 0.455 e. The number of carbonyl (C=O) groups is 1. The van der Waals surface area contributed by atoms with Gasteiger partial charge in [0.05, 0.1) is 48.0 Å². The number of anilines is 1. The molecule has 1 aliphatic carbocycles. The number of sulfonamides is 1. The van der Waals surface area contributed by atoms with Crippen LogP contribution < -0.4 is 10.0 Å². The normalized spacial score (nSPS) is 16.7. The van der Waals surface area contributed by atoms with Crippen LogP contribution in [0.4, 0.5) is 10.1 Å². The number of ether oxygens (including phenoxy) is 2. The molecule has 0 radical (unpaired) electrons. The lowest BCUT2D eigenvalue weighted by Gasteiger charge is -2.32. The van der Waals surface area contributed by atoms with E-state index in [9.17, 15) is 17.6 Å². The lowest BCUT2D eigenvalue weighted by Crippen LogP contribution is -2.41. The Morgan fingerprint density at radius 1 is 0.879 bits per heavy atom. The van der Waals surface area contributed by atoms with Crippen molar-refractivity contribution in [2.75, 3.05) is 30.2 Å². The molecule has 2 fully saturated rings. The van der Waals surface area contributed by atoms with Gasteiger partial charge in [-0.1, -0.05) is 60.7 Å². The van der Waals surface area contributed by atoms with Crippen LogP contribution in [0.15, 0.2) is 101 Å². The average Bonchev–Trinajstić information content (AvgIpc) is 3.93. The third-order valence-corrected chi connectivity index (χ3v) is 12.5. The van der Waals surface area contributed by atoms with Gasteiger partial charge in [-0.05, 0) is 112 Å². The molecule has 2 N–H and O–H groups in total. The number of hydrogen-bond donors (Lipinski definition) is 2. The van der Waals surface area contributed by atoms with E-state index in [1.54, 1.807) is 18.2 Å². The summed E-state index contributed by atoms with van der Waals surface area (Å²) in [6.07, 6.45) is 2.55. The molecule has 5 aromatic rings. The summed E-state index contributed by atoms with van der Waals surface area (Å²) >= 11 is 0. The van der Waals surface area contributed by atoms with E-state index in [-0.39, 0.29) is 42.4 Å². The van der Waals surface area contributed by atoms with Crippen LogP contribution in [0.1, 0.15) is 79.9 Å². The standard InChI is InChI=1S/C45H52BFN2O8S/c1-44(2)45(3,4)57-46(56-44)27-33(30-54-29-32-13-9-6-10-14-32)21-24-58(51,52)49-39-26-40-38(25-37(39)34-15-16-34)41(42(55-40)35-17-19-36(47)20-18-35)43(50)48-22-23-53-28-31-11-7-5-8-12-31/h5-14,17-20,25-26,33-34,49H,15-16,21-24,27-30H2,1-4H3,(H,48,50). The van der Waals surface area contributed by atoms with Crippen molar-refractivity contribution < 1.29 is 40.8 Å². The zero-order valence-corrected chi connectivity index (χ0v) is 34.4. The monoisotopic (exact) mass is 810 g/mol. The predicted octanol–water partition coefficient (Wildman–Crippen LogP) is 9.12. The molecule has 2 aliphatic rings. The maximum absolute atomic E-state index is 14.0. The van der Waals surface area contributed by atoms with Crippen molar-refractivity contribution in [3.8, 4) is 11.3 Å². The van der Waals surface area contributed by atoms with E-state index in [4.69, 9.17) is 23.2 Å². The van der Waals surface area contributed by atoms with Crippen molar-refractivity contribution in [2.45, 2.75) is 83.6 Å². The van der Waals surface area contributed by atoms with Crippen LogP contribution in [-0.4, -0.2) is 58.2 Å². The van der Waals surface area contributed by atoms with Gasteiger partial charge in [0, 0.05) is 30.2 Å². The Morgan fingerprint density at radius 3 is 2.12 bits per heavy atom. The largest absolute Gasteiger partial charge is 0.458 e. The molecule has 1 saturated heterocycles. The minimum Gasteiger partial charge on any atom is -0.455 e. The van der Waals surface area contributed by atoms with E-state index >= 15 is 0 Å². The Hall–Kier alpha value is -4.53. The van der Waals surface area contributed by atoms with Gasteiger partial charge in [-0.3, -0.25) is 9.52 Å². The van der Waals surface area contributed by atoms with Crippen LogP contribution >= 0.6 is 0 Å². The lowest BCUT2D eigenvalue weighted by molar-refractivity contribution is 0.00578. The quantitative estimate of drug-likeness (QED) is 0.0625. The molecule has 7 rings (SSSR count). The minimum absolute atomic E-state index is 0.121. The van der Waals surface area contributed by atoms with Crippen molar-refractivity contribution in [1.82, 2.24) is 5.32 Å². The number of halogens is 1. The van der Waals surface area contributed by atoms with E-state index < -0.39 is 34.2 Å². The first-order valence-electron chi connectivity index (χ1n) is 20.0. The molecule has 1 saturated carbocycles. The molecular formula is C45H52BFN2O8S. The number of furan rings is 1. The minimum atomic E-state index is -3.86. The number of benzene rings is 4. The van der Waals surface area contributed by atoms with Crippen molar-refractivity contribution in [3.63, 3.8) is 0 Å². The van der Waals surface area contributed by atoms with Crippen LogP contribution in [0.5, 0.6) is 0 Å². The molecule has 1 aliphatic heterocycles. The van der Waals surface area contributed by atoms with Crippen molar-refractivity contribution >= 4 is 39.7 Å². The maximum atomic E-state index is 14.0. The van der Waals surface area contributed by atoms with Gasteiger partial charge < -0.3 is 28.5 Å². The van der Waals surface area contributed by atoms with Gasteiger partial charge in [-0.2, -0.15) is 0 Å². The van der Waals surface area contributed by atoms with Crippen molar-refractivity contribution in [1.29, 1.82) is 0 Å². The summed E-state index contributed by atoms with van der Waals surface area (Å²) in [7, 11) is -4.36. The summed E-state index contributed by atoms with van der Waals surface area (Å²) in [5, 5.41) is 3.50. The molecule has 10 nitrogen and oxygen atoms in total. The second kappa shape index (κ2) is 17.8. The molecule has 1 aromatic heterocycles. The highest BCUT2D eigenvalue weighted by Crippen LogP contribution is 2.47. The fourth-order valence-corrected chi connectivity index (χ4v) is 8.42. The van der Waals surface area contributed by atoms with Gasteiger partial charge in [0.15, 0.2) is 0 Å². The molecule has 0 spiro atoms. The van der Waals surface area contributed by atoms with Gasteiger partial charge >= 0.3 is 7.12 Å². The molecule has 1 unspecified atom stereocenters. The molecule has 1 atom stereocenters. The fourth-order valence-electron chi connectivity index (χ4n) is 7.16. The van der Waals surface area contributed by atoms with Crippen LogP contribution in [0, 0.1) is 11.7 Å². The number of rotatable bonds is 19. The zero-order chi connectivity index (χ0) is 40.9. The van der Waals surface area contributed by atoms with Gasteiger partial charge in [0.1, 0.15) is 17.2 Å². The summed E-state index contributed by atoms with van der Waals surface area (Å²) in [4.78, 5) is 13.9. The van der Waals surface area contributed by atoms with Gasteiger partial charge in [0.25, 0.3) is 5.91 Å². The average molecular weight is 811 g/mol. The first-order chi connectivity index (χ1) is 27.8. The SMILES string of the molecule is CC1(C)OB(CC(CCS(=O)(=O)Nc2cc3oc(-c4ccc(F)cc4)c(C(=O)NCCOCc4ccccc4)c3cc2C2CC2)COCc2ccccc2)OC1(C)C. The van der Waals surface area contributed by atoms with E-state index in [1.165, 1.54) is 12.1 Å². The Kier molecular flexibility index (Phi) is 12.7. The number of fused-ring (bicyclic) bond motifs is 1. The van der Waals surface area contributed by atoms with Crippen molar-refractivity contribution in [3.05, 3.63) is 125 Å². The van der Waals surface area contributed by atoms with Crippen LogP contribution in [-0.2, 0) is 42.0 Å². The van der Waals surface area contributed by atoms with E-state index in [0.717, 1.165) is 29.5 Å². The molecule has 13 heteroatoms. The van der Waals surface area contributed by atoms with Crippen LogP contribution in [0.3, 0.4) is 0 Å². The topological polar surface area (TPSA) is 125 Å². The molecule has 1 amide bonds. The van der Waals surface area contributed by atoms with E-state index in [0.29, 0.717) is 60.3 Å². The Balaban J connectivity index is 1.09. The molecule has 4 aromatic carbocycles. The van der Waals surface area contributed by atoms with E-state index in [2.05, 4.69) is 10.0 Å². The third kappa shape index (κ3) is 10.4. The summed E-state index contributed by atoms with van der Waals surface area (Å²) < 4.78 is 75.5. The number of carbonyl (C=O) groups excluding carboxylic acids is 1. The summed E-state index contributed by atoms with van der Waals surface area (Å²) in [6, 6.07) is 28.9. The van der Waals surface area contributed by atoms with Crippen LogP contribution in [0.25, 0.3) is 22.3 Å². The molecular weight excluding hydrogens is 758 g/mol. The number of hydrogen-bond acceptors (Lipinski definition) is 8. The van der Waals surface area contributed by atoms with Crippen molar-refractivity contribution in [2.24, 2.45) is 5.92 Å². The summed E-state index contributed by atoms with van der Waals surface area (Å²) in [5.41, 5.74) is 3.38. The van der Waals surface area contributed by atoms with E-state index in [1.807, 2.05) is 94.4 Å². The summed E-state index contributed by atoms with van der Waals surface area (Å²) in [6.45, 7) is 9.68. The highest BCUT2D eigenvalue weighted by molar-refractivity contribution is 7.92. The number of amides is 1. The zero-order valence-electron chi connectivity index (χ0n) is 33.6. The molecule has 58 heavy (non-hydrogen) atoms. The maximum Gasteiger partial charge on any atom is 0.458 e. The molecule has 0 bridgehead atoms. The second-order valence-corrected chi connectivity index (χ2v) is 18.2. The molecule has 306 valence electrons. The van der Waals surface area contributed by atoms with Gasteiger partial charge in [0.2, 0.25) is 10.0 Å². The Labute approximate surface area is 341 Å². The first kappa shape index (κ1) is 41.6. The highest BCUT2D eigenvalue weighted by atomic mass is 32.2. The van der Waals surface area contributed by atoms with Gasteiger partial charge in [-0.25, -0.2) is 12.8 Å². The fraction of sp³-hybridized carbons (Fsp3) is 0.400. The third-order valence-electron chi connectivity index (χ3n) is 11.2. The Morgan fingerprint density at radius 2 is 1.50 bits per heavy atom. The molecule has 2 heterocycles. The summed E-state index contributed by atoms with van der Waals surface area (Å²) in [5.74, 6) is -0.744. The van der Waals surface area contributed by atoms with Crippen LogP contribution in [0.2, 0.25) is 6.32 Å². The lowest BCUT2D eigenvalue weighted by atomic mass is 9.76. The highest BCUT2D eigenvalue weighted by Gasteiger charge is 2.51. The predicted molar refractivity (Wildman–Crippen MR) is 225 cm³/mol. The second-order valence-electron chi connectivity index (χ2n) is 16.3. The number of nitrogens with one attached hydrogen (secondary N) is 2. The Bertz CT molecular complexity index is 2260.